The molecule has 86 valence electrons. The molecular formula is C11H13FN2O2. The minimum absolute atomic E-state index is 0.0783. The highest BCUT2D eigenvalue weighted by molar-refractivity contribution is 5.29. The minimum atomic E-state index is -1.16. The first kappa shape index (κ1) is 12.6. The van der Waals surface area contributed by atoms with Crippen LogP contribution in [0.4, 0.5) is 4.39 Å². The summed E-state index contributed by atoms with van der Waals surface area (Å²) in [6.07, 6.45) is -2.34. The van der Waals surface area contributed by atoms with Gasteiger partial charge >= 0.3 is 0 Å². The lowest BCUT2D eigenvalue weighted by Crippen LogP contribution is -2.27. The van der Waals surface area contributed by atoms with Gasteiger partial charge in [-0.15, -0.1) is 0 Å². The average molecular weight is 224 g/mol. The third-order valence-electron chi connectivity index (χ3n) is 2.29. The number of nitrogens with two attached hydrogens (primary N) is 1. The zero-order chi connectivity index (χ0) is 12.1. The van der Waals surface area contributed by atoms with E-state index in [2.05, 4.69) is 0 Å². The van der Waals surface area contributed by atoms with Gasteiger partial charge in [-0.05, 0) is 17.7 Å². The summed E-state index contributed by atoms with van der Waals surface area (Å²) in [6.45, 7) is -0.0911. The van der Waals surface area contributed by atoms with Crippen LogP contribution in [0, 0.1) is 17.1 Å². The molecule has 0 aliphatic rings. The summed E-state index contributed by atoms with van der Waals surface area (Å²) in [5, 5.41) is 27.5. The van der Waals surface area contributed by atoms with Crippen LogP contribution in [0.25, 0.3) is 0 Å². The maximum atomic E-state index is 13.2. The van der Waals surface area contributed by atoms with E-state index in [0.29, 0.717) is 5.56 Å². The van der Waals surface area contributed by atoms with Crippen LogP contribution in [0.2, 0.25) is 0 Å². The lowest BCUT2D eigenvalue weighted by molar-refractivity contribution is 0.0242. The van der Waals surface area contributed by atoms with Crippen molar-refractivity contribution in [1.82, 2.24) is 0 Å². The van der Waals surface area contributed by atoms with E-state index in [1.807, 2.05) is 6.07 Å². The van der Waals surface area contributed by atoms with Crippen LogP contribution in [-0.4, -0.2) is 22.9 Å². The van der Waals surface area contributed by atoms with E-state index >= 15 is 0 Å². The van der Waals surface area contributed by atoms with Gasteiger partial charge in [-0.25, -0.2) is 4.39 Å². The summed E-state index contributed by atoms with van der Waals surface area (Å²) < 4.78 is 13.2. The number of aliphatic hydroxyl groups excluding tert-OH is 2. The molecule has 2 atom stereocenters. The first-order valence-electron chi connectivity index (χ1n) is 4.81. The Labute approximate surface area is 92.7 Å². The number of hydrogen-bond acceptors (Lipinski definition) is 4. The van der Waals surface area contributed by atoms with Crippen molar-refractivity contribution < 1.29 is 14.6 Å². The normalized spacial score (nSPS) is 14.2. The van der Waals surface area contributed by atoms with Crippen LogP contribution in [0.5, 0.6) is 0 Å². The van der Waals surface area contributed by atoms with Gasteiger partial charge in [-0.2, -0.15) is 5.26 Å². The molecule has 2 unspecified atom stereocenters. The summed E-state index contributed by atoms with van der Waals surface area (Å²) in [7, 11) is 0. The summed E-state index contributed by atoms with van der Waals surface area (Å²) >= 11 is 0. The van der Waals surface area contributed by atoms with Crippen molar-refractivity contribution in [2.45, 2.75) is 18.6 Å². The summed E-state index contributed by atoms with van der Waals surface area (Å²) in [5.74, 6) is -0.500. The number of benzene rings is 1. The van der Waals surface area contributed by atoms with Crippen molar-refractivity contribution in [2.24, 2.45) is 5.73 Å². The van der Waals surface area contributed by atoms with Crippen LogP contribution in [0.3, 0.4) is 0 Å². The van der Waals surface area contributed by atoms with Gasteiger partial charge in [0.05, 0.1) is 18.6 Å². The Morgan fingerprint density at radius 3 is 2.69 bits per heavy atom. The Balaban J connectivity index is 2.98. The molecule has 0 bridgehead atoms. The molecule has 4 N–H and O–H groups in total. The molecule has 0 aromatic heterocycles. The Hall–Kier alpha value is -1.48. The molecule has 1 aromatic rings. The Bertz CT molecular complexity index is 403. The van der Waals surface area contributed by atoms with Crippen molar-refractivity contribution in [3.05, 3.63) is 35.1 Å². The molecule has 1 rings (SSSR count). The van der Waals surface area contributed by atoms with Gasteiger partial charge in [0.25, 0.3) is 0 Å². The van der Waals surface area contributed by atoms with Gasteiger partial charge in [0.15, 0.2) is 0 Å². The number of nitriles is 1. The van der Waals surface area contributed by atoms with Gasteiger partial charge in [0.2, 0.25) is 0 Å². The second kappa shape index (κ2) is 5.56. The molecule has 5 heteroatoms. The second-order valence-corrected chi connectivity index (χ2v) is 3.43. The van der Waals surface area contributed by atoms with E-state index in [9.17, 15) is 14.6 Å². The van der Waals surface area contributed by atoms with Crippen LogP contribution in [0.15, 0.2) is 18.2 Å². The zero-order valence-corrected chi connectivity index (χ0v) is 8.60. The summed E-state index contributed by atoms with van der Waals surface area (Å²) in [6, 6.07) is 5.71. The lowest BCUT2D eigenvalue weighted by Gasteiger charge is -2.17. The first-order valence-corrected chi connectivity index (χ1v) is 4.81. The van der Waals surface area contributed by atoms with E-state index in [1.165, 1.54) is 12.1 Å². The fourth-order valence-corrected chi connectivity index (χ4v) is 1.35. The molecule has 0 amide bonds. The average Bonchev–Trinajstić information content (AvgIpc) is 2.30. The summed E-state index contributed by atoms with van der Waals surface area (Å²) in [5.41, 5.74) is 5.75. The number of hydrogen-bond donors (Lipinski definition) is 3. The Morgan fingerprint density at radius 1 is 1.44 bits per heavy atom. The molecular weight excluding hydrogens is 211 g/mol. The molecule has 0 spiro atoms. The van der Waals surface area contributed by atoms with E-state index in [-0.39, 0.29) is 18.5 Å². The monoisotopic (exact) mass is 224 g/mol. The molecule has 4 nitrogen and oxygen atoms in total. The number of rotatable bonds is 4. The lowest BCUT2D eigenvalue weighted by atomic mass is 10.0. The highest BCUT2D eigenvalue weighted by Gasteiger charge is 2.17. The van der Waals surface area contributed by atoms with Gasteiger partial charge in [0, 0.05) is 12.1 Å². The molecule has 0 saturated carbocycles. The number of halogens is 1. The maximum absolute atomic E-state index is 13.2. The Morgan fingerprint density at radius 2 is 2.12 bits per heavy atom. The predicted octanol–water partition coefficient (Wildman–Crippen LogP) is 0.245. The molecule has 16 heavy (non-hydrogen) atoms. The van der Waals surface area contributed by atoms with Gasteiger partial charge in [-0.3, -0.25) is 0 Å². The molecule has 0 heterocycles. The molecule has 1 aromatic carbocycles. The molecule has 0 aliphatic heterocycles. The first-order chi connectivity index (χ1) is 7.60. The Kier molecular flexibility index (Phi) is 4.38. The van der Waals surface area contributed by atoms with E-state index in [0.717, 1.165) is 6.07 Å². The van der Waals surface area contributed by atoms with Crippen molar-refractivity contribution in [2.75, 3.05) is 6.54 Å². The molecule has 0 radical (unpaired) electrons. The van der Waals surface area contributed by atoms with Crippen LogP contribution >= 0.6 is 0 Å². The SMILES string of the molecule is N#CCc1cc(C(O)C(O)CN)ccc1F. The van der Waals surface area contributed by atoms with Crippen molar-refractivity contribution in [1.29, 1.82) is 5.26 Å². The second-order valence-electron chi connectivity index (χ2n) is 3.43. The fraction of sp³-hybridized carbons (Fsp3) is 0.364. The third-order valence-corrected chi connectivity index (χ3v) is 2.29. The van der Waals surface area contributed by atoms with Crippen molar-refractivity contribution in [3.8, 4) is 6.07 Å². The van der Waals surface area contributed by atoms with Crippen molar-refractivity contribution >= 4 is 0 Å². The maximum Gasteiger partial charge on any atom is 0.127 e. The zero-order valence-electron chi connectivity index (χ0n) is 8.60. The molecule has 0 aliphatic carbocycles. The van der Waals surface area contributed by atoms with Gasteiger partial charge < -0.3 is 15.9 Å². The highest BCUT2D eigenvalue weighted by atomic mass is 19.1. The van der Waals surface area contributed by atoms with Crippen LogP contribution < -0.4 is 5.73 Å². The predicted molar refractivity (Wildman–Crippen MR) is 55.7 cm³/mol. The minimum Gasteiger partial charge on any atom is -0.389 e. The third kappa shape index (κ3) is 2.76. The number of aliphatic hydroxyl groups is 2. The van der Waals surface area contributed by atoms with Gasteiger partial charge in [-0.1, -0.05) is 6.07 Å². The van der Waals surface area contributed by atoms with Crippen LogP contribution in [0.1, 0.15) is 17.2 Å². The van der Waals surface area contributed by atoms with Crippen LogP contribution in [-0.2, 0) is 6.42 Å². The largest absolute Gasteiger partial charge is 0.389 e. The quantitative estimate of drug-likeness (QED) is 0.683. The van der Waals surface area contributed by atoms with E-state index < -0.39 is 18.0 Å². The van der Waals surface area contributed by atoms with Crippen molar-refractivity contribution in [3.63, 3.8) is 0 Å². The molecule has 0 fully saturated rings. The summed E-state index contributed by atoms with van der Waals surface area (Å²) in [4.78, 5) is 0. The van der Waals surface area contributed by atoms with Gasteiger partial charge in [0.1, 0.15) is 11.9 Å². The fourth-order valence-electron chi connectivity index (χ4n) is 1.35. The number of nitrogens with zero attached hydrogens (tertiary/aromatic N) is 1. The standard InChI is InChI=1S/C11H13FN2O2/c12-9-2-1-8(5-7(9)3-4-13)11(16)10(15)6-14/h1-2,5,10-11,15-16H,3,6,14H2. The molecule has 0 saturated heterocycles. The van der Waals surface area contributed by atoms with E-state index in [1.54, 1.807) is 0 Å². The smallest absolute Gasteiger partial charge is 0.127 e. The highest BCUT2D eigenvalue weighted by Crippen LogP contribution is 2.20. The topological polar surface area (TPSA) is 90.3 Å². The van der Waals surface area contributed by atoms with E-state index in [4.69, 9.17) is 11.0 Å².